The Hall–Kier alpha value is -3.22. The van der Waals surface area contributed by atoms with Gasteiger partial charge in [-0.25, -0.2) is 9.97 Å². The number of hydrogen-bond acceptors (Lipinski definition) is 7. The number of aromatic nitrogens is 2. The third-order valence-corrected chi connectivity index (χ3v) is 4.05. The number of benzene rings is 2. The van der Waals surface area contributed by atoms with E-state index in [9.17, 15) is 0 Å². The third-order valence-electron chi connectivity index (χ3n) is 4.05. The summed E-state index contributed by atoms with van der Waals surface area (Å²) >= 11 is 0. The first kappa shape index (κ1) is 15.3. The maximum atomic E-state index is 5.44. The summed E-state index contributed by atoms with van der Waals surface area (Å²) in [6.45, 7) is 0.863. The molecule has 0 saturated carbocycles. The van der Waals surface area contributed by atoms with Gasteiger partial charge in [0.1, 0.15) is 17.7 Å². The average molecular weight is 339 g/mol. The Morgan fingerprint density at radius 2 is 1.92 bits per heavy atom. The van der Waals surface area contributed by atoms with E-state index < -0.39 is 0 Å². The van der Waals surface area contributed by atoms with Gasteiger partial charge in [-0.2, -0.15) is 0 Å². The van der Waals surface area contributed by atoms with Gasteiger partial charge in [0, 0.05) is 11.9 Å². The fraction of sp³-hybridized carbons (Fsp3) is 0.222. The minimum absolute atomic E-state index is 0.268. The Kier molecular flexibility index (Phi) is 3.89. The van der Waals surface area contributed by atoms with Crippen molar-refractivity contribution in [1.82, 2.24) is 9.97 Å². The lowest BCUT2D eigenvalue weighted by Crippen LogP contribution is -2.03. The van der Waals surface area contributed by atoms with Gasteiger partial charge in [-0.15, -0.1) is 0 Å². The monoisotopic (exact) mass is 339 g/mol. The highest BCUT2D eigenvalue weighted by molar-refractivity contribution is 5.94. The van der Waals surface area contributed by atoms with E-state index in [1.807, 2.05) is 30.3 Å². The topological polar surface area (TPSA) is 74.7 Å². The SMILES string of the molecule is COc1ccc2c(NCc3ccc4c(c3)OCO4)ncnc2c1OC. The average Bonchev–Trinajstić information content (AvgIpc) is 3.13. The van der Waals surface area contributed by atoms with Gasteiger partial charge in [-0.05, 0) is 29.8 Å². The van der Waals surface area contributed by atoms with Crippen molar-refractivity contribution in [3.8, 4) is 23.0 Å². The lowest BCUT2D eigenvalue weighted by atomic mass is 10.1. The molecule has 0 amide bonds. The van der Waals surface area contributed by atoms with E-state index in [2.05, 4.69) is 15.3 Å². The van der Waals surface area contributed by atoms with Crippen LogP contribution in [0, 0.1) is 0 Å². The van der Waals surface area contributed by atoms with Crippen molar-refractivity contribution in [3.63, 3.8) is 0 Å². The summed E-state index contributed by atoms with van der Waals surface area (Å²) in [6, 6.07) is 9.62. The first-order valence-electron chi connectivity index (χ1n) is 7.78. The number of anilines is 1. The van der Waals surface area contributed by atoms with Crippen molar-refractivity contribution in [2.45, 2.75) is 6.54 Å². The summed E-state index contributed by atoms with van der Waals surface area (Å²) in [4.78, 5) is 8.68. The van der Waals surface area contributed by atoms with Crippen molar-refractivity contribution in [3.05, 3.63) is 42.2 Å². The van der Waals surface area contributed by atoms with Crippen molar-refractivity contribution >= 4 is 16.7 Å². The van der Waals surface area contributed by atoms with Gasteiger partial charge in [0.2, 0.25) is 6.79 Å². The molecule has 1 aromatic heterocycles. The second-order valence-electron chi connectivity index (χ2n) is 5.46. The van der Waals surface area contributed by atoms with Crippen molar-refractivity contribution < 1.29 is 18.9 Å². The number of rotatable bonds is 5. The summed E-state index contributed by atoms with van der Waals surface area (Å²) in [5.74, 6) is 3.49. The molecule has 0 radical (unpaired) electrons. The third kappa shape index (κ3) is 2.73. The van der Waals surface area contributed by atoms with Gasteiger partial charge in [-0.1, -0.05) is 6.07 Å². The molecule has 1 aliphatic rings. The molecule has 0 aliphatic carbocycles. The predicted molar refractivity (Wildman–Crippen MR) is 92.5 cm³/mol. The smallest absolute Gasteiger partial charge is 0.231 e. The Morgan fingerprint density at radius 1 is 1.04 bits per heavy atom. The van der Waals surface area contributed by atoms with Crippen LogP contribution < -0.4 is 24.3 Å². The number of nitrogens with zero attached hydrogens (tertiary/aromatic N) is 2. The molecule has 0 unspecified atom stereocenters. The van der Waals surface area contributed by atoms with Crippen LogP contribution in [0.5, 0.6) is 23.0 Å². The Labute approximate surface area is 144 Å². The fourth-order valence-corrected chi connectivity index (χ4v) is 2.82. The van der Waals surface area contributed by atoms with E-state index in [1.54, 1.807) is 14.2 Å². The van der Waals surface area contributed by atoms with Gasteiger partial charge >= 0.3 is 0 Å². The summed E-state index contributed by atoms with van der Waals surface area (Å²) in [5, 5.41) is 4.20. The van der Waals surface area contributed by atoms with Crippen LogP contribution in [0.4, 0.5) is 5.82 Å². The molecular weight excluding hydrogens is 322 g/mol. The maximum absolute atomic E-state index is 5.44. The molecule has 0 bridgehead atoms. The van der Waals surface area contributed by atoms with Crippen LogP contribution >= 0.6 is 0 Å². The van der Waals surface area contributed by atoms with Crippen LogP contribution in [0.25, 0.3) is 10.9 Å². The zero-order valence-electron chi connectivity index (χ0n) is 13.9. The largest absolute Gasteiger partial charge is 0.493 e. The van der Waals surface area contributed by atoms with E-state index in [0.717, 1.165) is 28.3 Å². The van der Waals surface area contributed by atoms with Crippen LogP contribution in [0.15, 0.2) is 36.7 Å². The number of nitrogens with one attached hydrogen (secondary N) is 1. The van der Waals surface area contributed by atoms with Crippen molar-refractivity contribution in [1.29, 1.82) is 0 Å². The van der Waals surface area contributed by atoms with E-state index >= 15 is 0 Å². The van der Waals surface area contributed by atoms with E-state index in [-0.39, 0.29) is 6.79 Å². The lowest BCUT2D eigenvalue weighted by Gasteiger charge is -2.13. The lowest BCUT2D eigenvalue weighted by molar-refractivity contribution is 0.174. The van der Waals surface area contributed by atoms with Gasteiger partial charge in [-0.3, -0.25) is 0 Å². The first-order valence-corrected chi connectivity index (χ1v) is 7.78. The molecule has 25 heavy (non-hydrogen) atoms. The highest BCUT2D eigenvalue weighted by Crippen LogP contribution is 2.36. The Bertz CT molecular complexity index is 930. The summed E-state index contributed by atoms with van der Waals surface area (Å²) in [7, 11) is 3.20. The summed E-state index contributed by atoms with van der Waals surface area (Å²) in [5.41, 5.74) is 1.77. The second-order valence-corrected chi connectivity index (χ2v) is 5.46. The molecule has 7 heteroatoms. The molecule has 128 valence electrons. The van der Waals surface area contributed by atoms with Crippen LogP contribution in [-0.4, -0.2) is 31.0 Å². The molecular formula is C18H17N3O4. The predicted octanol–water partition coefficient (Wildman–Crippen LogP) is 2.99. The molecule has 2 heterocycles. The van der Waals surface area contributed by atoms with Gasteiger partial charge in [0.15, 0.2) is 23.0 Å². The van der Waals surface area contributed by atoms with E-state index in [0.29, 0.717) is 23.6 Å². The summed E-state index contributed by atoms with van der Waals surface area (Å²) < 4.78 is 21.5. The second kappa shape index (κ2) is 6.35. The zero-order chi connectivity index (χ0) is 17.2. The molecule has 0 spiro atoms. The minimum Gasteiger partial charge on any atom is -0.493 e. The molecule has 7 nitrogen and oxygen atoms in total. The van der Waals surface area contributed by atoms with Crippen LogP contribution in [-0.2, 0) is 6.54 Å². The Morgan fingerprint density at radius 3 is 2.76 bits per heavy atom. The number of methoxy groups -OCH3 is 2. The van der Waals surface area contributed by atoms with Crippen LogP contribution in [0.3, 0.4) is 0 Å². The number of ether oxygens (including phenoxy) is 4. The molecule has 2 aromatic carbocycles. The fourth-order valence-electron chi connectivity index (χ4n) is 2.82. The normalized spacial score (nSPS) is 12.2. The molecule has 4 rings (SSSR count). The highest BCUT2D eigenvalue weighted by atomic mass is 16.7. The minimum atomic E-state index is 0.268. The van der Waals surface area contributed by atoms with Crippen LogP contribution in [0.2, 0.25) is 0 Å². The van der Waals surface area contributed by atoms with Crippen molar-refractivity contribution in [2.75, 3.05) is 26.3 Å². The van der Waals surface area contributed by atoms with Crippen LogP contribution in [0.1, 0.15) is 5.56 Å². The van der Waals surface area contributed by atoms with Gasteiger partial charge < -0.3 is 24.3 Å². The quantitative estimate of drug-likeness (QED) is 0.766. The van der Waals surface area contributed by atoms with E-state index in [1.165, 1.54) is 6.33 Å². The maximum Gasteiger partial charge on any atom is 0.231 e. The van der Waals surface area contributed by atoms with Crippen molar-refractivity contribution in [2.24, 2.45) is 0 Å². The zero-order valence-corrected chi connectivity index (χ0v) is 13.9. The Balaban J connectivity index is 1.63. The molecule has 0 fully saturated rings. The molecule has 3 aromatic rings. The molecule has 0 atom stereocenters. The van der Waals surface area contributed by atoms with E-state index in [4.69, 9.17) is 18.9 Å². The first-order chi connectivity index (χ1) is 12.3. The standard InChI is InChI=1S/C18H17N3O4/c1-22-14-6-4-12-16(17(14)23-2)20-9-21-18(12)19-8-11-3-5-13-15(7-11)25-10-24-13/h3-7,9H,8,10H2,1-2H3,(H,19,20,21). The molecule has 1 N–H and O–H groups in total. The number of hydrogen-bond donors (Lipinski definition) is 1. The summed E-state index contributed by atoms with van der Waals surface area (Å²) in [6.07, 6.45) is 1.51. The molecule has 0 saturated heterocycles. The van der Waals surface area contributed by atoms with Gasteiger partial charge in [0.05, 0.1) is 14.2 Å². The number of fused-ring (bicyclic) bond motifs is 2. The highest BCUT2D eigenvalue weighted by Gasteiger charge is 2.15. The van der Waals surface area contributed by atoms with Gasteiger partial charge in [0.25, 0.3) is 0 Å². The molecule has 1 aliphatic heterocycles.